The molecule has 1 aromatic heterocycles. The van der Waals surface area contributed by atoms with Gasteiger partial charge in [-0.3, -0.25) is 4.68 Å². The highest BCUT2D eigenvalue weighted by atomic mass is 32.2. The van der Waals surface area contributed by atoms with Crippen molar-refractivity contribution < 1.29 is 5.11 Å². The van der Waals surface area contributed by atoms with E-state index in [9.17, 15) is 5.11 Å². The van der Waals surface area contributed by atoms with E-state index in [1.807, 2.05) is 23.0 Å². The van der Waals surface area contributed by atoms with Crippen molar-refractivity contribution in [3.05, 3.63) is 47.8 Å². The molecule has 19 heavy (non-hydrogen) atoms. The van der Waals surface area contributed by atoms with E-state index in [0.717, 1.165) is 18.5 Å². The highest BCUT2D eigenvalue weighted by Gasteiger charge is 2.11. The molecule has 0 spiro atoms. The molecule has 0 radical (unpaired) electrons. The summed E-state index contributed by atoms with van der Waals surface area (Å²) in [6, 6.07) is 8.24. The molecule has 3 nitrogen and oxygen atoms in total. The second-order valence-corrected chi connectivity index (χ2v) is 5.69. The van der Waals surface area contributed by atoms with Crippen molar-refractivity contribution >= 4 is 11.8 Å². The standard InChI is InChI=1S/C15H20N2OS/c1-3-8-17-10-13(9-16-17)14(18)11-19-15-7-5-4-6-12(15)2/h4-7,9-10,14,18H,3,8,11H2,1-2H3. The molecule has 2 aromatic rings. The number of aryl methyl sites for hydroxylation is 2. The largest absolute Gasteiger partial charge is 0.387 e. The Morgan fingerprint density at radius 2 is 2.16 bits per heavy atom. The molecule has 0 aliphatic rings. The van der Waals surface area contributed by atoms with Crippen LogP contribution in [0.1, 0.15) is 30.6 Å². The van der Waals surface area contributed by atoms with Crippen LogP contribution in [0.3, 0.4) is 0 Å². The van der Waals surface area contributed by atoms with Crippen molar-refractivity contribution in [3.63, 3.8) is 0 Å². The van der Waals surface area contributed by atoms with Gasteiger partial charge in [0.05, 0.1) is 12.3 Å². The monoisotopic (exact) mass is 276 g/mol. The van der Waals surface area contributed by atoms with Crippen LogP contribution in [-0.4, -0.2) is 20.6 Å². The number of rotatable bonds is 6. The Balaban J connectivity index is 1.93. The van der Waals surface area contributed by atoms with Gasteiger partial charge in [0.15, 0.2) is 0 Å². The van der Waals surface area contributed by atoms with E-state index >= 15 is 0 Å². The first kappa shape index (κ1) is 14.2. The first-order chi connectivity index (χ1) is 9.20. The van der Waals surface area contributed by atoms with Crippen LogP contribution in [0, 0.1) is 6.92 Å². The second kappa shape index (κ2) is 6.78. The molecule has 0 fully saturated rings. The Morgan fingerprint density at radius 3 is 2.89 bits per heavy atom. The van der Waals surface area contributed by atoms with E-state index in [0.29, 0.717) is 5.75 Å². The van der Waals surface area contributed by atoms with Gasteiger partial charge in [-0.2, -0.15) is 5.10 Å². The molecule has 0 amide bonds. The smallest absolute Gasteiger partial charge is 0.0914 e. The van der Waals surface area contributed by atoms with Crippen molar-refractivity contribution in [2.45, 2.75) is 37.8 Å². The number of aliphatic hydroxyl groups is 1. The van der Waals surface area contributed by atoms with Gasteiger partial charge in [0, 0.05) is 29.0 Å². The molecule has 0 saturated heterocycles. The number of thioether (sulfide) groups is 1. The highest BCUT2D eigenvalue weighted by molar-refractivity contribution is 7.99. The Hall–Kier alpha value is -1.26. The first-order valence-electron chi connectivity index (χ1n) is 6.59. The zero-order valence-electron chi connectivity index (χ0n) is 11.4. The number of hydrogen-bond donors (Lipinski definition) is 1. The lowest BCUT2D eigenvalue weighted by molar-refractivity contribution is 0.204. The summed E-state index contributed by atoms with van der Waals surface area (Å²) in [6.07, 6.45) is 4.29. The molecule has 0 aliphatic carbocycles. The summed E-state index contributed by atoms with van der Waals surface area (Å²) in [6.45, 7) is 5.11. The van der Waals surface area contributed by atoms with E-state index in [2.05, 4.69) is 31.1 Å². The predicted molar refractivity (Wildman–Crippen MR) is 79.4 cm³/mol. The molecule has 102 valence electrons. The fraction of sp³-hybridized carbons (Fsp3) is 0.400. The molecular weight excluding hydrogens is 256 g/mol. The summed E-state index contributed by atoms with van der Waals surface area (Å²) >= 11 is 1.69. The SMILES string of the molecule is CCCn1cc(C(O)CSc2ccccc2C)cn1. The maximum atomic E-state index is 10.2. The van der Waals surface area contributed by atoms with Crippen LogP contribution in [0.2, 0.25) is 0 Å². The average Bonchev–Trinajstić information content (AvgIpc) is 2.87. The van der Waals surface area contributed by atoms with E-state index < -0.39 is 6.10 Å². The lowest BCUT2D eigenvalue weighted by atomic mass is 10.2. The number of hydrogen-bond acceptors (Lipinski definition) is 3. The maximum absolute atomic E-state index is 10.2. The molecule has 0 aliphatic heterocycles. The van der Waals surface area contributed by atoms with Gasteiger partial charge < -0.3 is 5.11 Å². The van der Waals surface area contributed by atoms with Crippen LogP contribution in [0.15, 0.2) is 41.6 Å². The Bertz CT molecular complexity index is 524. The molecule has 1 atom stereocenters. The van der Waals surface area contributed by atoms with Gasteiger partial charge >= 0.3 is 0 Å². The zero-order valence-corrected chi connectivity index (χ0v) is 12.2. The fourth-order valence-corrected chi connectivity index (χ4v) is 2.89. The maximum Gasteiger partial charge on any atom is 0.0914 e. The van der Waals surface area contributed by atoms with E-state index in [-0.39, 0.29) is 0 Å². The summed E-state index contributed by atoms with van der Waals surface area (Å²) in [5.41, 5.74) is 2.15. The predicted octanol–water partition coefficient (Wildman–Crippen LogP) is 3.43. The van der Waals surface area contributed by atoms with Gasteiger partial charge in [-0.05, 0) is 25.0 Å². The summed E-state index contributed by atoms with van der Waals surface area (Å²) in [5.74, 6) is 0.655. The molecule has 1 heterocycles. The van der Waals surface area contributed by atoms with Gasteiger partial charge in [-0.1, -0.05) is 25.1 Å². The Kier molecular flexibility index (Phi) is 5.05. The third-order valence-corrected chi connectivity index (χ3v) is 4.23. The molecule has 1 N–H and O–H groups in total. The summed E-state index contributed by atoms with van der Waals surface area (Å²) < 4.78 is 1.89. The van der Waals surface area contributed by atoms with Gasteiger partial charge in [-0.15, -0.1) is 11.8 Å². The summed E-state index contributed by atoms with van der Waals surface area (Å²) in [5, 5.41) is 14.4. The van der Waals surface area contributed by atoms with Crippen molar-refractivity contribution in [1.82, 2.24) is 9.78 Å². The van der Waals surface area contributed by atoms with Crippen LogP contribution in [0.4, 0.5) is 0 Å². The molecule has 2 rings (SSSR count). The van der Waals surface area contributed by atoms with Crippen LogP contribution in [-0.2, 0) is 6.54 Å². The lowest BCUT2D eigenvalue weighted by Gasteiger charge is -2.09. The second-order valence-electron chi connectivity index (χ2n) is 4.63. The minimum atomic E-state index is -0.463. The highest BCUT2D eigenvalue weighted by Crippen LogP contribution is 2.26. The fourth-order valence-electron chi connectivity index (χ4n) is 1.89. The normalized spacial score (nSPS) is 12.6. The minimum absolute atomic E-state index is 0.463. The Labute approximate surface area is 118 Å². The first-order valence-corrected chi connectivity index (χ1v) is 7.58. The third-order valence-electron chi connectivity index (χ3n) is 2.98. The van der Waals surface area contributed by atoms with E-state index in [1.165, 1.54) is 10.5 Å². The van der Waals surface area contributed by atoms with Crippen LogP contribution >= 0.6 is 11.8 Å². The van der Waals surface area contributed by atoms with Gasteiger partial charge in [0.25, 0.3) is 0 Å². The topological polar surface area (TPSA) is 38.0 Å². The van der Waals surface area contributed by atoms with E-state index in [1.54, 1.807) is 18.0 Å². The number of benzene rings is 1. The van der Waals surface area contributed by atoms with Crippen molar-refractivity contribution in [1.29, 1.82) is 0 Å². The summed E-state index contributed by atoms with van der Waals surface area (Å²) in [7, 11) is 0. The molecule has 4 heteroatoms. The summed E-state index contributed by atoms with van der Waals surface area (Å²) in [4.78, 5) is 1.22. The number of nitrogens with zero attached hydrogens (tertiary/aromatic N) is 2. The molecular formula is C15H20N2OS. The molecule has 0 bridgehead atoms. The van der Waals surface area contributed by atoms with Crippen molar-refractivity contribution in [2.24, 2.45) is 0 Å². The van der Waals surface area contributed by atoms with Gasteiger partial charge in [0.2, 0.25) is 0 Å². The van der Waals surface area contributed by atoms with Crippen molar-refractivity contribution in [2.75, 3.05) is 5.75 Å². The quantitative estimate of drug-likeness (QED) is 0.821. The van der Waals surface area contributed by atoms with Crippen LogP contribution < -0.4 is 0 Å². The van der Waals surface area contributed by atoms with Crippen LogP contribution in [0.5, 0.6) is 0 Å². The molecule has 0 saturated carbocycles. The van der Waals surface area contributed by atoms with Gasteiger partial charge in [-0.25, -0.2) is 0 Å². The van der Waals surface area contributed by atoms with Crippen molar-refractivity contribution in [3.8, 4) is 0 Å². The number of aliphatic hydroxyl groups excluding tert-OH is 1. The van der Waals surface area contributed by atoms with Gasteiger partial charge in [0.1, 0.15) is 0 Å². The van der Waals surface area contributed by atoms with Crippen LogP contribution in [0.25, 0.3) is 0 Å². The lowest BCUT2D eigenvalue weighted by Crippen LogP contribution is -2.00. The average molecular weight is 276 g/mol. The Morgan fingerprint density at radius 1 is 1.37 bits per heavy atom. The minimum Gasteiger partial charge on any atom is -0.387 e. The third kappa shape index (κ3) is 3.85. The zero-order chi connectivity index (χ0) is 13.7. The molecule has 1 unspecified atom stereocenters. The van der Waals surface area contributed by atoms with E-state index in [4.69, 9.17) is 0 Å². The molecule has 1 aromatic carbocycles. The number of aromatic nitrogens is 2.